The lowest BCUT2D eigenvalue weighted by atomic mass is 9.70. The second-order valence-corrected chi connectivity index (χ2v) is 15.5. The molecule has 4 aromatic rings. The molecule has 0 saturated carbocycles. The van der Waals surface area contributed by atoms with Gasteiger partial charge in [-0.05, 0) is 82.8 Å². The summed E-state index contributed by atoms with van der Waals surface area (Å²) in [5.41, 5.74) is 5.58. The molecule has 4 aromatic carbocycles. The SMILES string of the molecule is C=C(/C=C/C=C/C=C1/N(CCCCCC(=O)O)c2ccc3c(S(=O)(=O)O)cccc3c2C1(C)C)C(C)(CCOC)c1c(C)ccc2ccccc12. The molecule has 0 aliphatic carbocycles. The largest absolute Gasteiger partial charge is 0.481 e. The van der Waals surface area contributed by atoms with E-state index in [1.807, 2.05) is 30.4 Å². The van der Waals surface area contributed by atoms with Gasteiger partial charge in [0.05, 0.1) is 0 Å². The van der Waals surface area contributed by atoms with Crippen LogP contribution in [0.3, 0.4) is 0 Å². The van der Waals surface area contributed by atoms with E-state index in [2.05, 4.69) is 87.7 Å². The fraction of sp³-hybridized carbons (Fsp3) is 0.326. The van der Waals surface area contributed by atoms with Gasteiger partial charge in [0.15, 0.2) is 0 Å². The molecule has 8 heteroatoms. The Hall–Kier alpha value is -4.50. The highest BCUT2D eigenvalue weighted by Gasteiger charge is 2.41. The van der Waals surface area contributed by atoms with Gasteiger partial charge in [-0.1, -0.05) is 113 Å². The number of carbonyl (C=O) groups is 1. The van der Waals surface area contributed by atoms with Gasteiger partial charge in [-0.15, -0.1) is 0 Å². The first-order valence-corrected chi connectivity index (χ1v) is 18.9. The van der Waals surface area contributed by atoms with Crippen molar-refractivity contribution in [2.75, 3.05) is 25.2 Å². The molecule has 0 amide bonds. The minimum Gasteiger partial charge on any atom is -0.481 e. The van der Waals surface area contributed by atoms with Crippen molar-refractivity contribution in [3.05, 3.63) is 132 Å². The minimum absolute atomic E-state index is 0.113. The van der Waals surface area contributed by atoms with Crippen molar-refractivity contribution in [2.24, 2.45) is 0 Å². The van der Waals surface area contributed by atoms with Crippen LogP contribution in [0.2, 0.25) is 0 Å². The summed E-state index contributed by atoms with van der Waals surface area (Å²) in [5.74, 6) is -0.795. The number of carboxylic acid groups (broad SMARTS) is 1. The lowest BCUT2D eigenvalue weighted by Crippen LogP contribution is -2.27. The number of anilines is 1. The fourth-order valence-electron chi connectivity index (χ4n) is 7.71. The number of aryl methyl sites for hydroxylation is 1. The average molecular weight is 708 g/mol. The fourth-order valence-corrected chi connectivity index (χ4v) is 8.42. The van der Waals surface area contributed by atoms with Gasteiger partial charge in [0.1, 0.15) is 4.90 Å². The maximum atomic E-state index is 12.3. The lowest BCUT2D eigenvalue weighted by Gasteiger charge is -2.34. The topological polar surface area (TPSA) is 104 Å². The summed E-state index contributed by atoms with van der Waals surface area (Å²) in [7, 11) is -2.70. The molecule has 1 aliphatic heterocycles. The number of fused-ring (bicyclic) bond motifs is 4. The Morgan fingerprint density at radius 2 is 1.69 bits per heavy atom. The number of unbranched alkanes of at least 4 members (excludes halogenated alkanes) is 2. The molecule has 268 valence electrons. The number of carboxylic acids is 1. The highest BCUT2D eigenvalue weighted by atomic mass is 32.2. The van der Waals surface area contributed by atoms with Gasteiger partial charge in [0.25, 0.3) is 10.1 Å². The molecule has 0 radical (unpaired) electrons. The van der Waals surface area contributed by atoms with Crippen LogP contribution in [0.5, 0.6) is 0 Å². The van der Waals surface area contributed by atoms with Crippen LogP contribution in [0, 0.1) is 6.92 Å². The molecule has 1 atom stereocenters. The zero-order valence-electron chi connectivity index (χ0n) is 30.3. The van der Waals surface area contributed by atoms with Crippen LogP contribution in [0.15, 0.2) is 120 Å². The van der Waals surface area contributed by atoms with E-state index in [0.717, 1.165) is 47.2 Å². The number of hydrogen-bond acceptors (Lipinski definition) is 5. The third-order valence-corrected chi connectivity index (χ3v) is 11.3. The molecule has 0 spiro atoms. The average Bonchev–Trinajstić information content (AvgIpc) is 3.30. The molecule has 0 saturated heterocycles. The zero-order valence-corrected chi connectivity index (χ0v) is 31.1. The molecule has 7 nitrogen and oxygen atoms in total. The Balaban J connectivity index is 1.49. The van der Waals surface area contributed by atoms with E-state index in [1.165, 1.54) is 28.0 Å². The second kappa shape index (κ2) is 15.4. The van der Waals surface area contributed by atoms with Gasteiger partial charge in [0, 0.05) is 54.3 Å². The number of aliphatic carboxylic acids is 1. The van der Waals surface area contributed by atoms with Crippen LogP contribution < -0.4 is 4.90 Å². The highest BCUT2D eigenvalue weighted by molar-refractivity contribution is 7.86. The Labute approximate surface area is 302 Å². The monoisotopic (exact) mass is 707 g/mol. The molecule has 5 rings (SSSR count). The van der Waals surface area contributed by atoms with E-state index in [-0.39, 0.29) is 16.7 Å². The van der Waals surface area contributed by atoms with E-state index in [4.69, 9.17) is 9.84 Å². The van der Waals surface area contributed by atoms with Crippen LogP contribution in [0.1, 0.15) is 69.6 Å². The molecule has 0 aromatic heterocycles. The van der Waals surface area contributed by atoms with Crippen molar-refractivity contribution in [1.29, 1.82) is 0 Å². The highest BCUT2D eigenvalue weighted by Crippen LogP contribution is 2.51. The van der Waals surface area contributed by atoms with Crippen molar-refractivity contribution >= 4 is 43.3 Å². The van der Waals surface area contributed by atoms with Crippen molar-refractivity contribution in [3.8, 4) is 0 Å². The third kappa shape index (κ3) is 7.74. The van der Waals surface area contributed by atoms with E-state index >= 15 is 0 Å². The number of allylic oxidation sites excluding steroid dienone is 7. The quantitative estimate of drug-likeness (QED) is 0.0720. The Kier molecular flexibility index (Phi) is 11.4. The van der Waals surface area contributed by atoms with Gasteiger partial charge in [0.2, 0.25) is 0 Å². The first-order chi connectivity index (χ1) is 24.2. The van der Waals surface area contributed by atoms with Gasteiger partial charge < -0.3 is 14.7 Å². The van der Waals surface area contributed by atoms with E-state index < -0.39 is 21.5 Å². The third-order valence-electron chi connectivity index (χ3n) is 10.4. The Morgan fingerprint density at radius 3 is 2.41 bits per heavy atom. The summed E-state index contributed by atoms with van der Waals surface area (Å²) >= 11 is 0. The van der Waals surface area contributed by atoms with Gasteiger partial charge >= 0.3 is 5.97 Å². The Bertz CT molecular complexity index is 2160. The first kappa shape index (κ1) is 37.7. The van der Waals surface area contributed by atoms with Crippen LogP contribution in [0.25, 0.3) is 21.5 Å². The standard InChI is InChI=1S/C43H49NO6S/c1-30-23-24-32-17-12-13-18-33(32)40(30)43(5,27-29-50-6)31(2)16-9-7-10-21-38-42(3,4)41-35-19-15-20-37(51(47,48)49)34(35)25-26-36(41)44(38)28-14-8-11-22-39(45)46/h7,9-10,12-13,15-21,23-26H,2,8,11,14,22,27-29H2,1,3-6H3,(H,45,46)(H,47,48,49)/b10-7+,16-9+,38-21+. The number of rotatable bonds is 15. The molecule has 1 unspecified atom stereocenters. The van der Waals surface area contributed by atoms with Crippen molar-refractivity contribution in [1.82, 2.24) is 0 Å². The summed E-state index contributed by atoms with van der Waals surface area (Å²) < 4.78 is 40.1. The molecular formula is C43H49NO6S. The predicted molar refractivity (Wildman–Crippen MR) is 208 cm³/mol. The predicted octanol–water partition coefficient (Wildman–Crippen LogP) is 9.84. The van der Waals surface area contributed by atoms with Crippen LogP contribution in [0.4, 0.5) is 5.69 Å². The van der Waals surface area contributed by atoms with Crippen molar-refractivity contribution < 1.29 is 27.6 Å². The second-order valence-electron chi connectivity index (χ2n) is 14.1. The maximum absolute atomic E-state index is 12.3. The van der Waals surface area contributed by atoms with Crippen LogP contribution >= 0.6 is 0 Å². The van der Waals surface area contributed by atoms with Crippen LogP contribution in [-0.2, 0) is 30.5 Å². The van der Waals surface area contributed by atoms with Crippen molar-refractivity contribution in [3.63, 3.8) is 0 Å². The molecule has 0 fully saturated rings. The summed E-state index contributed by atoms with van der Waals surface area (Å²) in [4.78, 5) is 13.2. The number of benzene rings is 4. The number of ether oxygens (including phenoxy) is 1. The lowest BCUT2D eigenvalue weighted by molar-refractivity contribution is -0.137. The first-order valence-electron chi connectivity index (χ1n) is 17.5. The minimum atomic E-state index is -4.42. The normalized spacial score (nSPS) is 16.4. The summed E-state index contributed by atoms with van der Waals surface area (Å²) in [5, 5.41) is 12.8. The summed E-state index contributed by atoms with van der Waals surface area (Å²) in [6, 6.07) is 21.5. The summed E-state index contributed by atoms with van der Waals surface area (Å²) in [6.45, 7) is 14.5. The molecular weight excluding hydrogens is 659 g/mol. The molecule has 51 heavy (non-hydrogen) atoms. The molecule has 1 heterocycles. The zero-order chi connectivity index (χ0) is 37.0. The van der Waals surface area contributed by atoms with Gasteiger partial charge in [-0.2, -0.15) is 8.42 Å². The number of methoxy groups -OCH3 is 1. The van der Waals surface area contributed by atoms with Crippen molar-refractivity contribution in [2.45, 2.75) is 75.5 Å². The number of hydrogen-bond donors (Lipinski definition) is 2. The maximum Gasteiger partial charge on any atom is 0.303 e. The number of nitrogens with zero attached hydrogens (tertiary/aromatic N) is 1. The van der Waals surface area contributed by atoms with E-state index in [9.17, 15) is 17.8 Å². The molecule has 1 aliphatic rings. The molecule has 2 N–H and O–H groups in total. The Morgan fingerprint density at radius 1 is 0.941 bits per heavy atom. The summed E-state index contributed by atoms with van der Waals surface area (Å²) in [6.07, 6.45) is 13.3. The smallest absolute Gasteiger partial charge is 0.303 e. The van der Waals surface area contributed by atoms with E-state index in [0.29, 0.717) is 25.0 Å². The molecule has 0 bridgehead atoms. The van der Waals surface area contributed by atoms with Crippen LogP contribution in [-0.4, -0.2) is 44.3 Å². The van der Waals surface area contributed by atoms with E-state index in [1.54, 1.807) is 19.2 Å². The van der Waals surface area contributed by atoms with Gasteiger partial charge in [-0.25, -0.2) is 0 Å². The van der Waals surface area contributed by atoms with Gasteiger partial charge in [-0.3, -0.25) is 9.35 Å².